The molecule has 0 aromatic heterocycles. The van der Waals surface area contributed by atoms with Crippen LogP contribution >= 0.6 is 0 Å². The first-order valence-electron chi connectivity index (χ1n) is 17.7. The fourth-order valence-corrected chi connectivity index (χ4v) is 7.53. The van der Waals surface area contributed by atoms with E-state index in [0.717, 1.165) is 59.4 Å². The molecule has 0 saturated carbocycles. The maximum Gasteiger partial charge on any atom is 0.246 e. The number of aliphatic imine (C=N–C) groups is 1. The van der Waals surface area contributed by atoms with Crippen molar-refractivity contribution in [2.24, 2.45) is 4.99 Å². The number of aryl methyl sites for hydroxylation is 1. The van der Waals surface area contributed by atoms with Crippen molar-refractivity contribution < 1.29 is 30.7 Å². The van der Waals surface area contributed by atoms with Gasteiger partial charge in [0.1, 0.15) is 5.75 Å². The minimum absolute atomic E-state index is 0.108. The molecule has 1 N–H and O–H groups in total. The summed E-state index contributed by atoms with van der Waals surface area (Å²) in [4.78, 5) is 7.11. The van der Waals surface area contributed by atoms with Gasteiger partial charge in [0.2, 0.25) is 27.4 Å². The average molecular weight is 749 g/mol. The third-order valence-electron chi connectivity index (χ3n) is 9.40. The van der Waals surface area contributed by atoms with E-state index >= 15 is 17.6 Å². The molecular formula is C41H44F4N4O3S. The normalized spacial score (nSPS) is 14.4. The quantitative estimate of drug-likeness (QED) is 0.109. The molecule has 0 radical (unpaired) electrons. The number of nitrogens with one attached hydrogen (secondary N) is 1. The first kappa shape index (κ1) is 39.3. The van der Waals surface area contributed by atoms with E-state index in [4.69, 9.17) is 9.73 Å². The number of anilines is 2. The lowest BCUT2D eigenvalue weighted by atomic mass is 9.82. The van der Waals surface area contributed by atoms with Gasteiger partial charge in [-0.05, 0) is 101 Å². The van der Waals surface area contributed by atoms with E-state index in [1.165, 1.54) is 0 Å². The summed E-state index contributed by atoms with van der Waals surface area (Å²) < 4.78 is 94.7. The van der Waals surface area contributed by atoms with Gasteiger partial charge in [-0.3, -0.25) is 4.99 Å². The van der Waals surface area contributed by atoms with E-state index < -0.39 is 43.9 Å². The van der Waals surface area contributed by atoms with E-state index in [-0.39, 0.29) is 5.75 Å². The van der Waals surface area contributed by atoms with E-state index in [2.05, 4.69) is 24.8 Å². The highest BCUT2D eigenvalue weighted by Crippen LogP contribution is 2.45. The highest BCUT2D eigenvalue weighted by molar-refractivity contribution is 7.89. The molecule has 280 valence electrons. The van der Waals surface area contributed by atoms with E-state index in [0.29, 0.717) is 36.5 Å². The highest BCUT2D eigenvalue weighted by atomic mass is 32.2. The number of hydrogen-bond acceptors (Lipinski definition) is 6. The van der Waals surface area contributed by atoms with Crippen LogP contribution in [0, 0.1) is 30.2 Å². The van der Waals surface area contributed by atoms with Crippen LogP contribution in [-0.4, -0.2) is 53.9 Å². The second kappa shape index (κ2) is 16.4. The Morgan fingerprint density at radius 2 is 1.28 bits per heavy atom. The Labute approximate surface area is 309 Å². The number of ether oxygens (including phenoxy) is 1. The fourth-order valence-electron chi connectivity index (χ4n) is 6.67. The summed E-state index contributed by atoms with van der Waals surface area (Å²) in [6, 6.07) is 19.0. The summed E-state index contributed by atoms with van der Waals surface area (Å²) in [7, 11) is -4.04. The van der Waals surface area contributed by atoms with Gasteiger partial charge in [0, 0.05) is 66.9 Å². The van der Waals surface area contributed by atoms with Crippen LogP contribution in [0.25, 0.3) is 11.1 Å². The van der Waals surface area contributed by atoms with Gasteiger partial charge >= 0.3 is 0 Å². The van der Waals surface area contributed by atoms with Crippen LogP contribution in [0.15, 0.2) is 82.7 Å². The van der Waals surface area contributed by atoms with Crippen molar-refractivity contribution in [1.29, 1.82) is 0 Å². The first-order valence-corrected chi connectivity index (χ1v) is 19.1. The van der Waals surface area contributed by atoms with Gasteiger partial charge in [-0.1, -0.05) is 36.4 Å². The minimum atomic E-state index is -4.92. The second-order valence-corrected chi connectivity index (χ2v) is 14.1. The number of rotatable bonds is 13. The molecule has 1 aliphatic rings. The van der Waals surface area contributed by atoms with Crippen molar-refractivity contribution in [3.63, 3.8) is 0 Å². The molecule has 0 fully saturated rings. The molecule has 4 aromatic rings. The van der Waals surface area contributed by atoms with Crippen molar-refractivity contribution in [2.45, 2.75) is 46.4 Å². The molecule has 0 atom stereocenters. The predicted molar refractivity (Wildman–Crippen MR) is 206 cm³/mol. The Bertz CT molecular complexity index is 2200. The highest BCUT2D eigenvalue weighted by Gasteiger charge is 2.34. The van der Waals surface area contributed by atoms with Crippen molar-refractivity contribution in [2.75, 3.05) is 49.6 Å². The molecule has 4 aromatic carbocycles. The second-order valence-electron chi connectivity index (χ2n) is 12.3. The standard InChI is InChI=1S/C41H44F4N4O3S/c1-8-47-33-22-21-31(29-15-13-14-16-30(29)33)35(28-19-17-26(23-25(28)6)48(9-2)10-3)32-20-18-27(49(11-4)12-5)24-34(32)52-40-36(42)38(44)41(39(45)37(40)43)53(50,51)46-7/h13-24,46H,8-12H2,1-7H3. The number of hydrogen-bond donors (Lipinski definition) is 1. The topological polar surface area (TPSA) is 74.2 Å². The summed E-state index contributed by atoms with van der Waals surface area (Å²) in [6.07, 6.45) is 3.85. The van der Waals surface area contributed by atoms with Gasteiger partial charge in [-0.25, -0.2) is 21.9 Å². The van der Waals surface area contributed by atoms with E-state index in [1.54, 1.807) is 16.9 Å². The lowest BCUT2D eigenvalue weighted by molar-refractivity contribution is 0.350. The molecular weight excluding hydrogens is 705 g/mol. The molecule has 0 heterocycles. The zero-order valence-corrected chi connectivity index (χ0v) is 31.8. The predicted octanol–water partition coefficient (Wildman–Crippen LogP) is 9.28. The van der Waals surface area contributed by atoms with E-state index in [9.17, 15) is 8.42 Å². The van der Waals surface area contributed by atoms with Gasteiger partial charge in [0.05, 0.1) is 5.71 Å². The van der Waals surface area contributed by atoms with Crippen LogP contribution in [0.1, 0.15) is 62.4 Å². The molecule has 0 unspecified atom stereocenters. The van der Waals surface area contributed by atoms with Crippen molar-refractivity contribution in [3.8, 4) is 11.5 Å². The molecule has 0 aliphatic heterocycles. The maximum absolute atomic E-state index is 15.8. The van der Waals surface area contributed by atoms with Gasteiger partial charge in [0.15, 0.2) is 16.5 Å². The number of halogens is 4. The van der Waals surface area contributed by atoms with Crippen LogP contribution in [0.4, 0.5) is 28.9 Å². The van der Waals surface area contributed by atoms with Gasteiger partial charge in [-0.2, -0.15) is 8.78 Å². The number of nitrogens with zero attached hydrogens (tertiary/aromatic N) is 3. The summed E-state index contributed by atoms with van der Waals surface area (Å²) in [6.45, 7) is 15.3. The number of sulfonamides is 1. The zero-order valence-electron chi connectivity index (χ0n) is 31.0. The van der Waals surface area contributed by atoms with Gasteiger partial charge < -0.3 is 14.5 Å². The Morgan fingerprint density at radius 3 is 1.81 bits per heavy atom. The minimum Gasteiger partial charge on any atom is -0.450 e. The lowest BCUT2D eigenvalue weighted by Crippen LogP contribution is -2.23. The Balaban J connectivity index is 1.89. The maximum atomic E-state index is 15.8. The molecule has 5 rings (SSSR count). The number of fused-ring (bicyclic) bond motifs is 1. The van der Waals surface area contributed by atoms with Crippen molar-refractivity contribution >= 4 is 38.3 Å². The van der Waals surface area contributed by atoms with Crippen LogP contribution in [0.5, 0.6) is 11.5 Å². The summed E-state index contributed by atoms with van der Waals surface area (Å²) in [5, 5.41) is 0. The van der Waals surface area contributed by atoms with Gasteiger partial charge in [0.25, 0.3) is 0 Å². The Hall–Kier alpha value is -4.94. The molecule has 0 saturated heterocycles. The third-order valence-corrected chi connectivity index (χ3v) is 10.8. The van der Waals surface area contributed by atoms with Crippen molar-refractivity contribution in [3.05, 3.63) is 124 Å². The SMILES string of the molecule is CCN=C1C=CC(=C(c2ccc(N(CC)CC)cc2C)c2ccc(N(CC)CC)cc2Oc2c(F)c(F)c(S(=O)(=O)NC)c(F)c2F)c2ccccc21. The zero-order chi connectivity index (χ0) is 38.6. The summed E-state index contributed by atoms with van der Waals surface area (Å²) in [5.74, 6) is -9.72. The molecule has 0 amide bonds. The van der Waals surface area contributed by atoms with Gasteiger partial charge in [-0.15, -0.1) is 0 Å². The monoisotopic (exact) mass is 748 g/mol. The third kappa shape index (κ3) is 7.48. The average Bonchev–Trinajstić information content (AvgIpc) is 3.15. The molecule has 53 heavy (non-hydrogen) atoms. The van der Waals surface area contributed by atoms with Crippen molar-refractivity contribution in [1.82, 2.24) is 4.72 Å². The van der Waals surface area contributed by atoms with Crippen LogP contribution in [-0.2, 0) is 10.0 Å². The fraction of sp³-hybridized carbons (Fsp3) is 0.293. The summed E-state index contributed by atoms with van der Waals surface area (Å²) >= 11 is 0. The molecule has 1 aliphatic carbocycles. The Morgan fingerprint density at radius 1 is 0.736 bits per heavy atom. The summed E-state index contributed by atoms with van der Waals surface area (Å²) in [5.41, 5.74) is 7.58. The molecule has 0 spiro atoms. The van der Waals surface area contributed by atoms with E-state index in [1.807, 2.05) is 87.2 Å². The first-order chi connectivity index (χ1) is 25.4. The van der Waals surface area contributed by atoms with Crippen LogP contribution in [0.2, 0.25) is 0 Å². The van der Waals surface area contributed by atoms with Crippen LogP contribution in [0.3, 0.4) is 0 Å². The smallest absolute Gasteiger partial charge is 0.246 e. The Kier molecular flexibility index (Phi) is 12.1. The lowest BCUT2D eigenvalue weighted by Gasteiger charge is -2.27. The number of benzene rings is 4. The molecule has 12 heteroatoms. The largest absolute Gasteiger partial charge is 0.450 e. The number of allylic oxidation sites excluding steroid dienone is 3. The molecule has 7 nitrogen and oxygen atoms in total. The van der Waals surface area contributed by atoms with Crippen LogP contribution < -0.4 is 19.3 Å². The molecule has 0 bridgehead atoms.